The highest BCUT2D eigenvalue weighted by Gasteiger charge is 2.36. The zero-order valence-electron chi connectivity index (χ0n) is 21.3. The molecule has 0 aliphatic carbocycles. The van der Waals surface area contributed by atoms with Crippen molar-refractivity contribution in [3.05, 3.63) is 65.2 Å². The number of amides is 2. The summed E-state index contributed by atoms with van der Waals surface area (Å²) in [6.45, 7) is 4.68. The van der Waals surface area contributed by atoms with Gasteiger partial charge in [-0.3, -0.25) is 9.59 Å². The summed E-state index contributed by atoms with van der Waals surface area (Å²) in [6, 6.07) is 14.8. The molecule has 2 aromatic rings. The molecule has 1 aliphatic rings. The lowest BCUT2D eigenvalue weighted by molar-refractivity contribution is -0.151. The highest BCUT2D eigenvalue weighted by atomic mass is 16.6. The lowest BCUT2D eigenvalue weighted by Crippen LogP contribution is -2.51. The predicted molar refractivity (Wildman–Crippen MR) is 137 cm³/mol. The van der Waals surface area contributed by atoms with Crippen LogP contribution in [0.5, 0.6) is 5.75 Å². The Morgan fingerprint density at radius 2 is 1.78 bits per heavy atom. The van der Waals surface area contributed by atoms with Gasteiger partial charge in [0.15, 0.2) is 6.10 Å². The second-order valence-corrected chi connectivity index (χ2v) is 8.94. The fourth-order valence-corrected chi connectivity index (χ4v) is 4.26. The molecule has 1 aliphatic heterocycles. The van der Waals surface area contributed by atoms with Crippen molar-refractivity contribution in [3.63, 3.8) is 0 Å². The molecule has 0 radical (unpaired) electrons. The Balaban J connectivity index is 1.52. The summed E-state index contributed by atoms with van der Waals surface area (Å²) in [5, 5.41) is 11.8. The van der Waals surface area contributed by atoms with Crippen molar-refractivity contribution < 1.29 is 23.9 Å². The van der Waals surface area contributed by atoms with Gasteiger partial charge in [-0.2, -0.15) is 5.26 Å². The van der Waals surface area contributed by atoms with Gasteiger partial charge in [-0.05, 0) is 68.0 Å². The summed E-state index contributed by atoms with van der Waals surface area (Å²) in [6.07, 6.45) is 1.47. The highest BCUT2D eigenvalue weighted by molar-refractivity contribution is 5.90. The van der Waals surface area contributed by atoms with Crippen molar-refractivity contribution >= 4 is 17.8 Å². The van der Waals surface area contributed by atoms with Crippen LogP contribution >= 0.6 is 0 Å². The minimum atomic E-state index is -0.768. The molecule has 3 rings (SSSR count). The molecule has 3 N–H and O–H groups in total. The van der Waals surface area contributed by atoms with Crippen LogP contribution in [-0.4, -0.2) is 54.0 Å². The fraction of sp³-hybridized carbons (Fsp3) is 0.429. The number of carbonyl (C=O) groups is 3. The molecule has 2 aromatic carbocycles. The average Bonchev–Trinajstić information content (AvgIpc) is 3.41. The van der Waals surface area contributed by atoms with E-state index in [1.165, 1.54) is 0 Å². The molecule has 37 heavy (non-hydrogen) atoms. The van der Waals surface area contributed by atoms with Crippen LogP contribution in [0.3, 0.4) is 0 Å². The molecule has 0 saturated carbocycles. The third-order valence-corrected chi connectivity index (χ3v) is 6.28. The van der Waals surface area contributed by atoms with Crippen molar-refractivity contribution in [1.82, 2.24) is 10.2 Å². The average molecular weight is 507 g/mol. The van der Waals surface area contributed by atoms with E-state index in [0.717, 1.165) is 17.5 Å². The van der Waals surface area contributed by atoms with E-state index in [9.17, 15) is 14.4 Å². The Morgan fingerprint density at radius 1 is 1.11 bits per heavy atom. The number of nitrogens with one attached hydrogen (secondary N) is 1. The molecule has 1 unspecified atom stereocenters. The van der Waals surface area contributed by atoms with E-state index < -0.39 is 24.2 Å². The lowest BCUT2D eigenvalue weighted by Gasteiger charge is -2.27. The number of rotatable bonds is 11. The molecule has 1 heterocycles. The Kier molecular flexibility index (Phi) is 10.0. The minimum Gasteiger partial charge on any atom is -0.479 e. The van der Waals surface area contributed by atoms with Crippen LogP contribution < -0.4 is 15.8 Å². The number of nitrogens with zero attached hydrogens (tertiary/aromatic N) is 2. The smallest absolute Gasteiger partial charge is 0.347 e. The van der Waals surface area contributed by atoms with Crippen molar-refractivity contribution in [1.29, 1.82) is 5.26 Å². The standard InChI is InChI=1S/C28H34N4O5/c1-3-25(28(35)36-4-2)37-22-13-11-21(12-14-22)18-31-26(33)24-6-5-15-32(24)27(34)23(30)16-19-7-9-20(17-29)10-8-19/h7-14,23-25H,3-6,15-16,18,30H2,1-2H3,(H,31,33)/t23-,24-,25?/m0/s1. The first-order valence-corrected chi connectivity index (χ1v) is 12.6. The van der Waals surface area contributed by atoms with Gasteiger partial charge in [0.2, 0.25) is 11.8 Å². The molecule has 196 valence electrons. The molecule has 2 amide bonds. The first-order chi connectivity index (χ1) is 17.9. The van der Waals surface area contributed by atoms with Crippen molar-refractivity contribution in [3.8, 4) is 11.8 Å². The van der Waals surface area contributed by atoms with Gasteiger partial charge in [-0.25, -0.2) is 4.79 Å². The van der Waals surface area contributed by atoms with Gasteiger partial charge in [-0.1, -0.05) is 31.2 Å². The summed E-state index contributed by atoms with van der Waals surface area (Å²) in [7, 11) is 0. The number of benzene rings is 2. The quantitative estimate of drug-likeness (QED) is 0.447. The van der Waals surface area contributed by atoms with E-state index >= 15 is 0 Å². The highest BCUT2D eigenvalue weighted by Crippen LogP contribution is 2.20. The number of nitriles is 1. The number of likely N-dealkylation sites (tertiary alicyclic amines) is 1. The van der Waals surface area contributed by atoms with E-state index in [-0.39, 0.29) is 11.8 Å². The Bertz CT molecular complexity index is 1110. The number of nitrogens with two attached hydrogens (primary N) is 1. The molecular weight excluding hydrogens is 472 g/mol. The minimum absolute atomic E-state index is 0.217. The van der Waals surface area contributed by atoms with Crippen molar-refractivity contribution in [2.45, 2.75) is 64.3 Å². The second-order valence-electron chi connectivity index (χ2n) is 8.94. The zero-order chi connectivity index (χ0) is 26.8. The second kappa shape index (κ2) is 13.4. The van der Waals surface area contributed by atoms with E-state index in [2.05, 4.69) is 11.4 Å². The lowest BCUT2D eigenvalue weighted by atomic mass is 10.0. The SMILES string of the molecule is CCOC(=O)C(CC)Oc1ccc(CNC(=O)[C@@H]2CCCN2C(=O)[C@@H](N)Cc2ccc(C#N)cc2)cc1. The van der Waals surface area contributed by atoms with Gasteiger partial charge < -0.3 is 25.4 Å². The molecule has 9 heteroatoms. The maximum absolute atomic E-state index is 13.0. The Hall–Kier alpha value is -3.90. The maximum Gasteiger partial charge on any atom is 0.347 e. The summed E-state index contributed by atoms with van der Waals surface area (Å²) >= 11 is 0. The van der Waals surface area contributed by atoms with Gasteiger partial charge in [-0.15, -0.1) is 0 Å². The number of esters is 1. The summed E-state index contributed by atoms with van der Waals surface area (Å²) in [5.74, 6) is -0.326. The molecule has 0 bridgehead atoms. The topological polar surface area (TPSA) is 135 Å². The largest absolute Gasteiger partial charge is 0.479 e. The van der Waals surface area contributed by atoms with Gasteiger partial charge in [0.25, 0.3) is 0 Å². The van der Waals surface area contributed by atoms with Gasteiger partial charge in [0, 0.05) is 13.1 Å². The summed E-state index contributed by atoms with van der Waals surface area (Å²) in [4.78, 5) is 39.5. The molecule has 0 aromatic heterocycles. The molecule has 1 fully saturated rings. The third kappa shape index (κ3) is 7.54. The van der Waals surface area contributed by atoms with Crippen LogP contribution in [0.1, 0.15) is 49.8 Å². The summed E-state index contributed by atoms with van der Waals surface area (Å²) in [5.41, 5.74) is 8.46. The molecule has 9 nitrogen and oxygen atoms in total. The van der Waals surface area contributed by atoms with Crippen LogP contribution in [0.15, 0.2) is 48.5 Å². The van der Waals surface area contributed by atoms with Crippen LogP contribution in [0.25, 0.3) is 0 Å². The van der Waals surface area contributed by atoms with Gasteiger partial charge in [0.05, 0.1) is 24.3 Å². The normalized spacial score (nSPS) is 16.4. The van der Waals surface area contributed by atoms with Crippen LogP contribution in [-0.2, 0) is 32.1 Å². The molecule has 0 spiro atoms. The number of hydrogen-bond acceptors (Lipinski definition) is 7. The van der Waals surface area contributed by atoms with E-state index in [0.29, 0.717) is 50.3 Å². The van der Waals surface area contributed by atoms with Crippen LogP contribution in [0.2, 0.25) is 0 Å². The molecule has 3 atom stereocenters. The third-order valence-electron chi connectivity index (χ3n) is 6.28. The van der Waals surface area contributed by atoms with Gasteiger partial charge >= 0.3 is 5.97 Å². The summed E-state index contributed by atoms with van der Waals surface area (Å²) < 4.78 is 10.7. The van der Waals surface area contributed by atoms with E-state index in [1.807, 2.05) is 19.1 Å². The number of hydrogen-bond donors (Lipinski definition) is 2. The Labute approximate surface area is 217 Å². The van der Waals surface area contributed by atoms with Gasteiger partial charge in [0.1, 0.15) is 11.8 Å². The predicted octanol–water partition coefficient (Wildman–Crippen LogP) is 2.46. The first kappa shape index (κ1) is 27.7. The Morgan fingerprint density at radius 3 is 2.41 bits per heavy atom. The number of ether oxygens (including phenoxy) is 2. The number of carbonyl (C=O) groups excluding carboxylic acids is 3. The molecular formula is C28H34N4O5. The van der Waals surface area contributed by atoms with Crippen molar-refractivity contribution in [2.75, 3.05) is 13.2 Å². The van der Waals surface area contributed by atoms with Crippen LogP contribution in [0, 0.1) is 11.3 Å². The monoisotopic (exact) mass is 506 g/mol. The van der Waals surface area contributed by atoms with E-state index in [1.54, 1.807) is 48.2 Å². The zero-order valence-corrected chi connectivity index (χ0v) is 21.3. The van der Waals surface area contributed by atoms with Crippen molar-refractivity contribution in [2.24, 2.45) is 5.73 Å². The first-order valence-electron chi connectivity index (χ1n) is 12.6. The fourth-order valence-electron chi connectivity index (χ4n) is 4.26. The van der Waals surface area contributed by atoms with E-state index in [4.69, 9.17) is 20.5 Å². The molecule has 1 saturated heterocycles. The van der Waals surface area contributed by atoms with Crippen LogP contribution in [0.4, 0.5) is 0 Å². The maximum atomic E-state index is 13.0.